The first-order valence-corrected chi connectivity index (χ1v) is 5.78. The molecule has 1 rings (SSSR count). The largest absolute Gasteiger partial charge is 0.324 e. The highest BCUT2D eigenvalue weighted by atomic mass is 19.1. The summed E-state index contributed by atoms with van der Waals surface area (Å²) in [6.07, 6.45) is 0. The monoisotopic (exact) mass is 249 g/mol. The lowest BCUT2D eigenvalue weighted by molar-refractivity contribution is 0.210. The number of nitrogens with one attached hydrogen (secondary N) is 1. The highest BCUT2D eigenvalue weighted by Crippen LogP contribution is 2.10. The molecule has 0 saturated heterocycles. The van der Waals surface area contributed by atoms with E-state index in [0.29, 0.717) is 18.8 Å². The average molecular weight is 249 g/mol. The number of nitriles is 1. The van der Waals surface area contributed by atoms with Crippen molar-refractivity contribution in [3.05, 3.63) is 30.1 Å². The van der Waals surface area contributed by atoms with E-state index < -0.39 is 0 Å². The lowest BCUT2D eigenvalue weighted by atomic mass is 10.2. The first kappa shape index (κ1) is 14.0. The number of halogens is 1. The molecule has 0 radical (unpaired) electrons. The van der Waals surface area contributed by atoms with Crippen molar-refractivity contribution in [3.63, 3.8) is 0 Å². The fraction of sp³-hybridized carbons (Fsp3) is 0.385. The van der Waals surface area contributed by atoms with Crippen LogP contribution in [0.15, 0.2) is 24.3 Å². The maximum absolute atomic E-state index is 12.7. The number of benzene rings is 1. The minimum atomic E-state index is -0.349. The summed E-state index contributed by atoms with van der Waals surface area (Å²) in [5.41, 5.74) is 0.532. The first-order valence-electron chi connectivity index (χ1n) is 5.78. The van der Waals surface area contributed by atoms with Crippen molar-refractivity contribution in [2.45, 2.75) is 13.8 Å². The van der Waals surface area contributed by atoms with Crippen LogP contribution in [0.1, 0.15) is 13.8 Å². The van der Waals surface area contributed by atoms with Crippen molar-refractivity contribution in [2.75, 3.05) is 18.4 Å². The van der Waals surface area contributed by atoms with Gasteiger partial charge in [0, 0.05) is 18.8 Å². The van der Waals surface area contributed by atoms with Crippen LogP contribution in [0.3, 0.4) is 0 Å². The van der Waals surface area contributed by atoms with E-state index in [0.717, 1.165) is 0 Å². The number of hydrogen-bond donors (Lipinski definition) is 1. The molecule has 1 unspecified atom stereocenters. The summed E-state index contributed by atoms with van der Waals surface area (Å²) < 4.78 is 12.7. The van der Waals surface area contributed by atoms with Gasteiger partial charge in [0.1, 0.15) is 5.82 Å². The number of urea groups is 1. The van der Waals surface area contributed by atoms with E-state index in [2.05, 4.69) is 11.4 Å². The molecule has 0 saturated carbocycles. The first-order chi connectivity index (χ1) is 8.56. The van der Waals surface area contributed by atoms with Crippen molar-refractivity contribution < 1.29 is 9.18 Å². The maximum atomic E-state index is 12.7. The smallest absolute Gasteiger partial charge is 0.321 e. The Balaban J connectivity index is 2.62. The Labute approximate surface area is 106 Å². The van der Waals surface area contributed by atoms with Gasteiger partial charge in [-0.3, -0.25) is 0 Å². The van der Waals surface area contributed by atoms with Crippen molar-refractivity contribution in [1.82, 2.24) is 4.90 Å². The number of carbonyl (C=O) groups is 1. The molecule has 0 aliphatic rings. The van der Waals surface area contributed by atoms with E-state index in [-0.39, 0.29) is 17.8 Å². The Morgan fingerprint density at radius 2 is 2.11 bits per heavy atom. The van der Waals surface area contributed by atoms with Crippen LogP contribution in [0.4, 0.5) is 14.9 Å². The number of hydrogen-bond acceptors (Lipinski definition) is 2. The van der Waals surface area contributed by atoms with Crippen molar-refractivity contribution in [3.8, 4) is 6.07 Å². The van der Waals surface area contributed by atoms with Crippen LogP contribution in [-0.4, -0.2) is 24.0 Å². The number of anilines is 1. The van der Waals surface area contributed by atoms with Gasteiger partial charge in [-0.2, -0.15) is 5.26 Å². The van der Waals surface area contributed by atoms with Crippen LogP contribution >= 0.6 is 0 Å². The van der Waals surface area contributed by atoms with E-state index in [1.54, 1.807) is 6.92 Å². The molecule has 1 N–H and O–H groups in total. The second-order valence-electron chi connectivity index (χ2n) is 4.01. The molecule has 0 bridgehead atoms. The van der Waals surface area contributed by atoms with E-state index in [1.165, 1.54) is 29.2 Å². The van der Waals surface area contributed by atoms with Gasteiger partial charge in [0.25, 0.3) is 0 Å². The third kappa shape index (κ3) is 4.06. The predicted octanol–water partition coefficient (Wildman–Crippen LogP) is 2.84. The molecule has 18 heavy (non-hydrogen) atoms. The van der Waals surface area contributed by atoms with Crippen LogP contribution in [-0.2, 0) is 0 Å². The summed E-state index contributed by atoms with van der Waals surface area (Å²) in [4.78, 5) is 13.4. The molecule has 2 amide bonds. The fourth-order valence-corrected chi connectivity index (χ4v) is 1.46. The molecule has 4 nitrogen and oxygen atoms in total. The van der Waals surface area contributed by atoms with Crippen molar-refractivity contribution in [1.29, 1.82) is 5.26 Å². The second-order valence-corrected chi connectivity index (χ2v) is 4.01. The zero-order valence-corrected chi connectivity index (χ0v) is 10.5. The Morgan fingerprint density at radius 1 is 1.50 bits per heavy atom. The van der Waals surface area contributed by atoms with Gasteiger partial charge >= 0.3 is 6.03 Å². The van der Waals surface area contributed by atoms with Crippen LogP contribution in [0.5, 0.6) is 0 Å². The third-order valence-electron chi connectivity index (χ3n) is 2.48. The van der Waals surface area contributed by atoms with E-state index in [9.17, 15) is 9.18 Å². The predicted molar refractivity (Wildman–Crippen MR) is 67.4 cm³/mol. The van der Waals surface area contributed by atoms with Gasteiger partial charge in [-0.1, -0.05) is 0 Å². The SMILES string of the molecule is CCN(CC(C)C#N)C(=O)Nc1ccc(F)cc1. The summed E-state index contributed by atoms with van der Waals surface area (Å²) in [6.45, 7) is 4.49. The summed E-state index contributed by atoms with van der Waals surface area (Å²) >= 11 is 0. The number of nitrogens with zero attached hydrogens (tertiary/aromatic N) is 2. The Bertz CT molecular complexity index is 439. The summed E-state index contributed by atoms with van der Waals surface area (Å²) in [5, 5.41) is 11.4. The third-order valence-corrected chi connectivity index (χ3v) is 2.48. The molecule has 96 valence electrons. The lowest BCUT2D eigenvalue weighted by Crippen LogP contribution is -2.37. The van der Waals surface area contributed by atoms with Gasteiger partial charge in [0.2, 0.25) is 0 Å². The molecule has 0 aliphatic heterocycles. The molecular formula is C13H16FN3O. The number of carbonyl (C=O) groups excluding carboxylic acids is 1. The topological polar surface area (TPSA) is 56.1 Å². The molecule has 0 fully saturated rings. The molecule has 0 heterocycles. The minimum absolute atomic E-state index is 0.219. The van der Waals surface area contributed by atoms with E-state index >= 15 is 0 Å². The Kier molecular flexibility index (Phi) is 5.12. The standard InChI is InChI=1S/C13H16FN3O/c1-3-17(9-10(2)8-15)13(18)16-12-6-4-11(14)5-7-12/h4-7,10H,3,9H2,1-2H3,(H,16,18). The molecule has 1 atom stereocenters. The van der Waals surface area contributed by atoms with Crippen LogP contribution in [0, 0.1) is 23.1 Å². The summed E-state index contributed by atoms with van der Waals surface area (Å²) in [7, 11) is 0. The van der Waals surface area contributed by atoms with Crippen LogP contribution < -0.4 is 5.32 Å². The van der Waals surface area contributed by atoms with Gasteiger partial charge in [-0.05, 0) is 38.1 Å². The highest BCUT2D eigenvalue weighted by molar-refractivity contribution is 5.89. The molecule has 0 aromatic heterocycles. The molecule has 0 spiro atoms. The summed E-state index contributed by atoms with van der Waals surface area (Å²) in [6, 6.07) is 7.35. The van der Waals surface area contributed by atoms with E-state index in [4.69, 9.17) is 5.26 Å². The second kappa shape index (κ2) is 6.60. The lowest BCUT2D eigenvalue weighted by Gasteiger charge is -2.22. The van der Waals surface area contributed by atoms with Crippen molar-refractivity contribution >= 4 is 11.7 Å². The Hall–Kier alpha value is -2.09. The van der Waals surface area contributed by atoms with Crippen molar-refractivity contribution in [2.24, 2.45) is 5.92 Å². The molecule has 1 aromatic carbocycles. The quantitative estimate of drug-likeness (QED) is 0.892. The van der Waals surface area contributed by atoms with Gasteiger partial charge in [0.05, 0.1) is 12.0 Å². The zero-order chi connectivity index (χ0) is 13.5. The number of amides is 2. The maximum Gasteiger partial charge on any atom is 0.321 e. The molecule has 1 aromatic rings. The van der Waals surface area contributed by atoms with Gasteiger partial charge < -0.3 is 10.2 Å². The highest BCUT2D eigenvalue weighted by Gasteiger charge is 2.14. The Morgan fingerprint density at radius 3 is 2.61 bits per heavy atom. The average Bonchev–Trinajstić information content (AvgIpc) is 2.38. The van der Waals surface area contributed by atoms with Crippen LogP contribution in [0.25, 0.3) is 0 Å². The number of rotatable bonds is 4. The van der Waals surface area contributed by atoms with Gasteiger partial charge in [-0.15, -0.1) is 0 Å². The zero-order valence-electron chi connectivity index (χ0n) is 10.5. The van der Waals surface area contributed by atoms with Gasteiger partial charge in [0.15, 0.2) is 0 Å². The summed E-state index contributed by atoms with van der Waals surface area (Å²) in [5.74, 6) is -0.567. The minimum Gasteiger partial charge on any atom is -0.324 e. The van der Waals surface area contributed by atoms with E-state index in [1.807, 2.05) is 6.92 Å². The molecule has 0 aliphatic carbocycles. The normalized spacial score (nSPS) is 11.4. The van der Waals surface area contributed by atoms with Crippen LogP contribution in [0.2, 0.25) is 0 Å². The fourth-order valence-electron chi connectivity index (χ4n) is 1.46. The van der Waals surface area contributed by atoms with Gasteiger partial charge in [-0.25, -0.2) is 9.18 Å². The molecule has 5 heteroatoms. The molecular weight excluding hydrogens is 233 g/mol.